The lowest BCUT2D eigenvalue weighted by molar-refractivity contribution is -0.131. The van der Waals surface area contributed by atoms with Gasteiger partial charge in [-0.1, -0.05) is 49.8 Å². The highest BCUT2D eigenvalue weighted by Crippen LogP contribution is 2.41. The number of likely N-dealkylation sites (N-methyl/N-ethyl adjacent to an activating group) is 1. The summed E-state index contributed by atoms with van der Waals surface area (Å²) in [4.78, 5) is 22.7. The van der Waals surface area contributed by atoms with Crippen LogP contribution in [-0.2, 0) is 9.59 Å². The molecule has 0 fully saturated rings. The number of carbonyl (C=O) groups excluding carboxylic acids is 1. The molecule has 0 heterocycles. The Balaban J connectivity index is 3.01. The van der Waals surface area contributed by atoms with E-state index in [4.69, 9.17) is 5.11 Å². The largest absolute Gasteiger partial charge is 0.478 e. The second kappa shape index (κ2) is 9.21. The summed E-state index contributed by atoms with van der Waals surface area (Å²) < 4.78 is 0. The molecule has 0 saturated heterocycles. The highest BCUT2D eigenvalue weighted by Gasteiger charge is 2.30. The molecule has 0 aliphatic heterocycles. The summed E-state index contributed by atoms with van der Waals surface area (Å²) in [7, 11) is 1.67. The van der Waals surface area contributed by atoms with Gasteiger partial charge in [-0.15, -0.1) is 0 Å². The standard InChI is InChI=1S/C21H29NO3/c1-15(8-6-9-16(2)14-19(23)24)11-12-18-17(20(25)22-5)10-7-13-21(18,3)4/h6,8-9,11-12,14H,7,10,13H2,1-5H3,(H,22,25)(H,23,24)/b9-6+,12-11+,15-8+,16-14+. The number of rotatable bonds is 6. The van der Waals surface area contributed by atoms with E-state index < -0.39 is 5.97 Å². The fourth-order valence-corrected chi connectivity index (χ4v) is 2.96. The van der Waals surface area contributed by atoms with E-state index in [-0.39, 0.29) is 11.3 Å². The fourth-order valence-electron chi connectivity index (χ4n) is 2.96. The van der Waals surface area contributed by atoms with Crippen LogP contribution in [0.1, 0.15) is 47.0 Å². The highest BCUT2D eigenvalue weighted by atomic mass is 16.4. The number of nitrogens with one attached hydrogen (secondary N) is 1. The first-order valence-corrected chi connectivity index (χ1v) is 8.57. The van der Waals surface area contributed by atoms with Gasteiger partial charge in [0.15, 0.2) is 0 Å². The van der Waals surface area contributed by atoms with Crippen molar-refractivity contribution in [2.45, 2.75) is 47.0 Å². The van der Waals surface area contributed by atoms with Gasteiger partial charge in [0.25, 0.3) is 0 Å². The van der Waals surface area contributed by atoms with Gasteiger partial charge in [0.05, 0.1) is 0 Å². The SMILES string of the molecule is CNC(=O)C1=C(/C=C/C(C)=C/C=C/C(C)=C/C(=O)O)C(C)(C)CCC1. The first kappa shape index (κ1) is 20.7. The maximum atomic E-state index is 12.2. The van der Waals surface area contributed by atoms with E-state index in [0.717, 1.165) is 36.0 Å². The van der Waals surface area contributed by atoms with Crippen LogP contribution in [0.25, 0.3) is 0 Å². The van der Waals surface area contributed by atoms with Gasteiger partial charge in [-0.2, -0.15) is 0 Å². The molecule has 0 radical (unpaired) electrons. The average molecular weight is 343 g/mol. The molecule has 2 N–H and O–H groups in total. The zero-order valence-electron chi connectivity index (χ0n) is 15.8. The van der Waals surface area contributed by atoms with Crippen molar-refractivity contribution in [1.82, 2.24) is 5.32 Å². The Labute approximate surface area is 150 Å². The Bertz CT molecular complexity index is 673. The minimum atomic E-state index is -0.948. The number of carboxylic acid groups (broad SMARTS) is 1. The predicted octanol–water partition coefficient (Wildman–Crippen LogP) is 4.33. The summed E-state index contributed by atoms with van der Waals surface area (Å²) >= 11 is 0. The van der Waals surface area contributed by atoms with E-state index in [2.05, 4.69) is 19.2 Å². The summed E-state index contributed by atoms with van der Waals surface area (Å²) in [5.74, 6) is -0.945. The molecule has 4 nitrogen and oxygen atoms in total. The van der Waals surface area contributed by atoms with Crippen LogP contribution in [0.4, 0.5) is 0 Å². The van der Waals surface area contributed by atoms with E-state index in [9.17, 15) is 9.59 Å². The van der Waals surface area contributed by atoms with Gasteiger partial charge < -0.3 is 10.4 Å². The van der Waals surface area contributed by atoms with Crippen LogP contribution in [-0.4, -0.2) is 24.0 Å². The van der Waals surface area contributed by atoms with Gasteiger partial charge in [-0.25, -0.2) is 4.79 Å². The van der Waals surface area contributed by atoms with Gasteiger partial charge in [-0.05, 0) is 49.7 Å². The summed E-state index contributed by atoms with van der Waals surface area (Å²) in [6, 6.07) is 0. The molecule has 25 heavy (non-hydrogen) atoms. The molecule has 1 amide bonds. The molecule has 0 bridgehead atoms. The van der Waals surface area contributed by atoms with Crippen LogP contribution in [0.3, 0.4) is 0 Å². The minimum Gasteiger partial charge on any atom is -0.478 e. The molecule has 0 aromatic carbocycles. The van der Waals surface area contributed by atoms with Crippen molar-refractivity contribution < 1.29 is 14.7 Å². The molecule has 1 rings (SSSR count). The zero-order chi connectivity index (χ0) is 19.0. The van der Waals surface area contributed by atoms with E-state index in [0.29, 0.717) is 5.57 Å². The van der Waals surface area contributed by atoms with Crippen molar-refractivity contribution in [2.24, 2.45) is 5.41 Å². The second-order valence-corrected chi connectivity index (χ2v) is 7.04. The Kier molecular flexibility index (Phi) is 7.62. The fraction of sp³-hybridized carbons (Fsp3) is 0.429. The molecule has 0 atom stereocenters. The molecular weight excluding hydrogens is 314 g/mol. The quantitative estimate of drug-likeness (QED) is 0.557. The number of carbonyl (C=O) groups is 2. The van der Waals surface area contributed by atoms with Crippen LogP contribution < -0.4 is 5.32 Å². The van der Waals surface area contributed by atoms with Crippen molar-refractivity contribution in [1.29, 1.82) is 0 Å². The number of allylic oxidation sites excluding steroid dienone is 8. The monoisotopic (exact) mass is 343 g/mol. The van der Waals surface area contributed by atoms with Crippen molar-refractivity contribution in [3.63, 3.8) is 0 Å². The van der Waals surface area contributed by atoms with Crippen LogP contribution >= 0.6 is 0 Å². The smallest absolute Gasteiger partial charge is 0.328 e. The Morgan fingerprint density at radius 3 is 2.44 bits per heavy atom. The topological polar surface area (TPSA) is 66.4 Å². The Morgan fingerprint density at radius 2 is 1.84 bits per heavy atom. The molecule has 0 saturated carbocycles. The van der Waals surface area contributed by atoms with Gasteiger partial charge in [0, 0.05) is 18.7 Å². The minimum absolute atomic E-state index is 0.00314. The molecule has 1 aliphatic rings. The molecular formula is C21H29NO3. The summed E-state index contributed by atoms with van der Waals surface area (Å²) in [6.45, 7) is 8.07. The average Bonchev–Trinajstić information content (AvgIpc) is 2.51. The third kappa shape index (κ3) is 6.57. The van der Waals surface area contributed by atoms with Gasteiger partial charge >= 0.3 is 5.97 Å². The maximum absolute atomic E-state index is 12.2. The third-order valence-corrected chi connectivity index (χ3v) is 4.37. The number of aliphatic carboxylic acids is 1. The van der Waals surface area contributed by atoms with Crippen molar-refractivity contribution in [2.75, 3.05) is 7.05 Å². The normalized spacial score (nSPS) is 18.9. The molecule has 0 unspecified atom stereocenters. The molecule has 136 valence electrons. The third-order valence-electron chi connectivity index (χ3n) is 4.37. The van der Waals surface area contributed by atoms with Crippen molar-refractivity contribution >= 4 is 11.9 Å². The lowest BCUT2D eigenvalue weighted by atomic mass is 9.72. The summed E-state index contributed by atoms with van der Waals surface area (Å²) in [5, 5.41) is 11.4. The highest BCUT2D eigenvalue weighted by molar-refractivity contribution is 5.95. The first-order valence-electron chi connectivity index (χ1n) is 8.57. The molecule has 0 spiro atoms. The van der Waals surface area contributed by atoms with Crippen molar-refractivity contribution in [3.8, 4) is 0 Å². The number of amides is 1. The Hall–Kier alpha value is -2.36. The van der Waals surface area contributed by atoms with E-state index in [1.54, 1.807) is 20.0 Å². The van der Waals surface area contributed by atoms with Crippen LogP contribution in [0.2, 0.25) is 0 Å². The van der Waals surface area contributed by atoms with Gasteiger partial charge in [-0.3, -0.25) is 4.79 Å². The van der Waals surface area contributed by atoms with Crippen LogP contribution in [0.5, 0.6) is 0 Å². The van der Waals surface area contributed by atoms with Gasteiger partial charge in [0.1, 0.15) is 0 Å². The van der Waals surface area contributed by atoms with Gasteiger partial charge in [0.2, 0.25) is 5.91 Å². The van der Waals surface area contributed by atoms with E-state index in [1.807, 2.05) is 31.2 Å². The zero-order valence-corrected chi connectivity index (χ0v) is 15.8. The summed E-state index contributed by atoms with van der Waals surface area (Å²) in [6.07, 6.45) is 13.6. The molecule has 0 aromatic rings. The summed E-state index contributed by atoms with van der Waals surface area (Å²) in [5.41, 5.74) is 3.66. The molecule has 0 aromatic heterocycles. The second-order valence-electron chi connectivity index (χ2n) is 7.04. The van der Waals surface area contributed by atoms with E-state index >= 15 is 0 Å². The van der Waals surface area contributed by atoms with Crippen LogP contribution in [0.15, 0.2) is 58.7 Å². The van der Waals surface area contributed by atoms with Crippen LogP contribution in [0, 0.1) is 5.41 Å². The maximum Gasteiger partial charge on any atom is 0.328 e. The number of hydrogen-bond donors (Lipinski definition) is 2. The van der Waals surface area contributed by atoms with Crippen molar-refractivity contribution in [3.05, 3.63) is 58.7 Å². The molecule has 1 aliphatic carbocycles. The lowest BCUT2D eigenvalue weighted by Crippen LogP contribution is -2.28. The number of hydrogen-bond acceptors (Lipinski definition) is 2. The first-order chi connectivity index (χ1) is 11.7. The lowest BCUT2D eigenvalue weighted by Gasteiger charge is -2.33. The number of carboxylic acids is 1. The molecule has 4 heteroatoms. The Morgan fingerprint density at radius 1 is 1.16 bits per heavy atom. The predicted molar refractivity (Wildman–Crippen MR) is 102 cm³/mol. The van der Waals surface area contributed by atoms with E-state index in [1.165, 1.54) is 6.08 Å².